The van der Waals surface area contributed by atoms with Crippen molar-refractivity contribution in [3.8, 4) is 11.8 Å². The molecule has 0 bridgehead atoms. The molecule has 5 heteroatoms. The highest BCUT2D eigenvalue weighted by Crippen LogP contribution is 2.27. The highest BCUT2D eigenvalue weighted by Gasteiger charge is 2.15. The molecule has 0 saturated carbocycles. The molecular formula is C10H10N2O3. The molecule has 1 aromatic carbocycles. The van der Waals surface area contributed by atoms with Crippen LogP contribution in [0.15, 0.2) is 12.1 Å². The summed E-state index contributed by atoms with van der Waals surface area (Å²) in [7, 11) is 0. The highest BCUT2D eigenvalue weighted by molar-refractivity contribution is 5.54. The first-order chi connectivity index (χ1) is 7.10. The normalized spacial score (nSPS) is 9.40. The van der Waals surface area contributed by atoms with Gasteiger partial charge in [0.25, 0.3) is 5.69 Å². The minimum absolute atomic E-state index is 0.0602. The number of rotatable bonds is 3. The summed E-state index contributed by atoms with van der Waals surface area (Å²) in [4.78, 5) is 10.1. The molecule has 0 aliphatic rings. The zero-order valence-electron chi connectivity index (χ0n) is 8.48. The first-order valence-corrected chi connectivity index (χ1v) is 4.42. The maximum Gasteiger partial charge on any atom is 0.273 e. The van der Waals surface area contributed by atoms with Gasteiger partial charge in [0.15, 0.2) is 0 Å². The van der Waals surface area contributed by atoms with E-state index in [1.54, 1.807) is 13.8 Å². The number of nitro groups is 1. The maximum absolute atomic E-state index is 10.6. The van der Waals surface area contributed by atoms with E-state index in [1.807, 2.05) is 6.07 Å². The van der Waals surface area contributed by atoms with Crippen LogP contribution in [0, 0.1) is 28.4 Å². The van der Waals surface area contributed by atoms with Crippen LogP contribution in [-0.4, -0.2) is 11.5 Å². The van der Waals surface area contributed by atoms with Crippen LogP contribution in [0.25, 0.3) is 0 Å². The van der Waals surface area contributed by atoms with E-state index >= 15 is 0 Å². The zero-order valence-corrected chi connectivity index (χ0v) is 8.48. The van der Waals surface area contributed by atoms with E-state index in [-0.39, 0.29) is 11.3 Å². The molecule has 0 aromatic heterocycles. The summed E-state index contributed by atoms with van der Waals surface area (Å²) in [6, 6.07) is 4.62. The molecule has 0 N–H and O–H groups in total. The minimum Gasteiger partial charge on any atom is -0.492 e. The Bertz CT molecular complexity index is 435. The van der Waals surface area contributed by atoms with Crippen molar-refractivity contribution in [3.63, 3.8) is 0 Å². The predicted molar refractivity (Wildman–Crippen MR) is 53.7 cm³/mol. The second-order valence-corrected chi connectivity index (χ2v) is 2.94. The SMILES string of the molecule is CCOc1cc(C)c([N+](=O)[O-])cc1C#N. The average Bonchev–Trinajstić information content (AvgIpc) is 2.18. The third-order valence-electron chi connectivity index (χ3n) is 1.92. The quantitative estimate of drug-likeness (QED) is 0.561. The molecule has 0 aliphatic heterocycles. The van der Waals surface area contributed by atoms with Crippen LogP contribution in [0.1, 0.15) is 18.1 Å². The number of nitro benzene ring substituents is 1. The summed E-state index contributed by atoms with van der Waals surface area (Å²) in [5.41, 5.74) is 0.617. The minimum atomic E-state index is -0.508. The fourth-order valence-corrected chi connectivity index (χ4v) is 1.23. The van der Waals surface area contributed by atoms with Gasteiger partial charge in [-0.3, -0.25) is 10.1 Å². The Morgan fingerprint density at radius 3 is 2.73 bits per heavy atom. The maximum atomic E-state index is 10.6. The predicted octanol–water partition coefficient (Wildman–Crippen LogP) is 2.17. The summed E-state index contributed by atoms with van der Waals surface area (Å²) < 4.78 is 5.20. The van der Waals surface area contributed by atoms with E-state index in [0.29, 0.717) is 17.9 Å². The first-order valence-electron chi connectivity index (χ1n) is 4.42. The lowest BCUT2D eigenvalue weighted by Gasteiger charge is -2.06. The van der Waals surface area contributed by atoms with Gasteiger partial charge in [0, 0.05) is 11.6 Å². The van der Waals surface area contributed by atoms with Gasteiger partial charge < -0.3 is 4.74 Å². The van der Waals surface area contributed by atoms with Crippen LogP contribution in [0.5, 0.6) is 5.75 Å². The lowest BCUT2D eigenvalue weighted by Crippen LogP contribution is -1.98. The molecule has 0 unspecified atom stereocenters. The Morgan fingerprint density at radius 2 is 2.27 bits per heavy atom. The number of ether oxygens (including phenoxy) is 1. The molecule has 1 aromatic rings. The number of hydrogen-bond donors (Lipinski definition) is 0. The van der Waals surface area contributed by atoms with Gasteiger partial charge in [0.1, 0.15) is 17.4 Å². The lowest BCUT2D eigenvalue weighted by atomic mass is 10.1. The standard InChI is InChI=1S/C10H10N2O3/c1-3-15-10-4-7(2)9(12(13)14)5-8(10)6-11/h4-5H,3H2,1-2H3. The molecule has 15 heavy (non-hydrogen) atoms. The van der Waals surface area contributed by atoms with E-state index in [4.69, 9.17) is 10.00 Å². The van der Waals surface area contributed by atoms with Gasteiger partial charge in [0.05, 0.1) is 11.5 Å². The summed E-state index contributed by atoms with van der Waals surface area (Å²) in [5, 5.41) is 19.4. The van der Waals surface area contributed by atoms with Crippen molar-refractivity contribution in [1.82, 2.24) is 0 Å². The zero-order chi connectivity index (χ0) is 11.4. The Balaban J connectivity index is 3.30. The topological polar surface area (TPSA) is 76.2 Å². The fraction of sp³-hybridized carbons (Fsp3) is 0.300. The number of benzene rings is 1. The summed E-state index contributed by atoms with van der Waals surface area (Å²) in [6.45, 7) is 3.83. The smallest absolute Gasteiger partial charge is 0.273 e. The van der Waals surface area contributed by atoms with Crippen LogP contribution in [0.2, 0.25) is 0 Å². The third kappa shape index (κ3) is 2.23. The van der Waals surface area contributed by atoms with Gasteiger partial charge in [-0.2, -0.15) is 5.26 Å². The van der Waals surface area contributed by atoms with Gasteiger partial charge in [0.2, 0.25) is 0 Å². The molecule has 5 nitrogen and oxygen atoms in total. The summed E-state index contributed by atoms with van der Waals surface area (Å²) in [5.74, 6) is 0.392. The second-order valence-electron chi connectivity index (χ2n) is 2.94. The fourth-order valence-electron chi connectivity index (χ4n) is 1.23. The van der Waals surface area contributed by atoms with Crippen LogP contribution in [0.3, 0.4) is 0 Å². The molecule has 0 atom stereocenters. The van der Waals surface area contributed by atoms with Crippen molar-refractivity contribution < 1.29 is 9.66 Å². The Labute approximate surface area is 87.1 Å². The van der Waals surface area contributed by atoms with Crippen LogP contribution in [0.4, 0.5) is 5.69 Å². The molecule has 0 aliphatic carbocycles. The monoisotopic (exact) mass is 206 g/mol. The van der Waals surface area contributed by atoms with Crippen molar-refractivity contribution in [1.29, 1.82) is 5.26 Å². The van der Waals surface area contributed by atoms with Crippen molar-refractivity contribution in [2.45, 2.75) is 13.8 Å². The average molecular weight is 206 g/mol. The van der Waals surface area contributed by atoms with Crippen molar-refractivity contribution in [2.75, 3.05) is 6.61 Å². The second kappa shape index (κ2) is 4.42. The molecule has 0 spiro atoms. The molecule has 0 fully saturated rings. The van der Waals surface area contributed by atoms with Gasteiger partial charge >= 0.3 is 0 Å². The molecule has 0 radical (unpaired) electrons. The Hall–Kier alpha value is -2.09. The largest absolute Gasteiger partial charge is 0.492 e. The van der Waals surface area contributed by atoms with Crippen LogP contribution >= 0.6 is 0 Å². The lowest BCUT2D eigenvalue weighted by molar-refractivity contribution is -0.385. The molecule has 1 rings (SSSR count). The molecule has 0 heterocycles. The van der Waals surface area contributed by atoms with E-state index in [9.17, 15) is 10.1 Å². The van der Waals surface area contributed by atoms with E-state index in [0.717, 1.165) is 0 Å². The molecular weight excluding hydrogens is 196 g/mol. The third-order valence-corrected chi connectivity index (χ3v) is 1.92. The number of hydrogen-bond acceptors (Lipinski definition) is 4. The first kappa shape index (κ1) is 11.0. The van der Waals surface area contributed by atoms with Crippen molar-refractivity contribution in [2.24, 2.45) is 0 Å². The molecule has 78 valence electrons. The van der Waals surface area contributed by atoms with E-state index in [2.05, 4.69) is 0 Å². The highest BCUT2D eigenvalue weighted by atomic mass is 16.6. The van der Waals surface area contributed by atoms with Crippen LogP contribution in [-0.2, 0) is 0 Å². The Morgan fingerprint density at radius 1 is 1.60 bits per heavy atom. The summed E-state index contributed by atoms with van der Waals surface area (Å²) >= 11 is 0. The molecule has 0 saturated heterocycles. The summed E-state index contributed by atoms with van der Waals surface area (Å²) in [6.07, 6.45) is 0. The van der Waals surface area contributed by atoms with Crippen molar-refractivity contribution in [3.05, 3.63) is 33.4 Å². The van der Waals surface area contributed by atoms with E-state index < -0.39 is 4.92 Å². The van der Waals surface area contributed by atoms with Gasteiger partial charge in [-0.25, -0.2) is 0 Å². The number of nitriles is 1. The van der Waals surface area contributed by atoms with Crippen molar-refractivity contribution >= 4 is 5.69 Å². The Kier molecular flexibility index (Phi) is 3.24. The van der Waals surface area contributed by atoms with Gasteiger partial charge in [-0.1, -0.05) is 0 Å². The van der Waals surface area contributed by atoms with E-state index in [1.165, 1.54) is 12.1 Å². The van der Waals surface area contributed by atoms with Gasteiger partial charge in [-0.15, -0.1) is 0 Å². The molecule has 0 amide bonds. The van der Waals surface area contributed by atoms with Crippen LogP contribution < -0.4 is 4.74 Å². The van der Waals surface area contributed by atoms with Gasteiger partial charge in [-0.05, 0) is 19.9 Å². The number of nitrogens with zero attached hydrogens (tertiary/aromatic N) is 2. The number of aryl methyl sites for hydroxylation is 1.